The summed E-state index contributed by atoms with van der Waals surface area (Å²) in [7, 11) is 0. The van der Waals surface area contributed by atoms with Crippen molar-refractivity contribution >= 4 is 5.96 Å². The molecule has 1 unspecified atom stereocenters. The van der Waals surface area contributed by atoms with E-state index in [9.17, 15) is 0 Å². The van der Waals surface area contributed by atoms with Gasteiger partial charge < -0.3 is 15.6 Å². The molecule has 1 aliphatic heterocycles. The number of guanidine groups is 1. The number of rotatable bonds is 7. The Bertz CT molecular complexity index is 479. The molecule has 3 N–H and O–H groups in total. The van der Waals surface area contributed by atoms with Crippen molar-refractivity contribution in [2.45, 2.75) is 52.7 Å². The van der Waals surface area contributed by atoms with Gasteiger partial charge in [0.05, 0.1) is 0 Å². The number of aromatic nitrogens is 2. The van der Waals surface area contributed by atoms with Crippen LogP contribution in [0.25, 0.3) is 0 Å². The zero-order valence-corrected chi connectivity index (χ0v) is 14.1. The van der Waals surface area contributed by atoms with Gasteiger partial charge in [0.15, 0.2) is 5.96 Å². The number of nitrogens with two attached hydrogens (primary N) is 1. The van der Waals surface area contributed by atoms with Gasteiger partial charge in [0.1, 0.15) is 12.4 Å². The van der Waals surface area contributed by atoms with Gasteiger partial charge >= 0.3 is 0 Å². The number of imidazole rings is 1. The van der Waals surface area contributed by atoms with Crippen molar-refractivity contribution in [1.82, 2.24) is 19.8 Å². The van der Waals surface area contributed by atoms with Crippen LogP contribution in [-0.4, -0.2) is 46.1 Å². The molecule has 0 aromatic carbocycles. The lowest BCUT2D eigenvalue weighted by Crippen LogP contribution is -2.42. The number of nitrogens with zero attached hydrogens (tertiary/aromatic N) is 4. The highest BCUT2D eigenvalue weighted by Crippen LogP contribution is 2.15. The summed E-state index contributed by atoms with van der Waals surface area (Å²) in [6, 6.07) is 0.585. The second-order valence-corrected chi connectivity index (χ2v) is 6.40. The van der Waals surface area contributed by atoms with Crippen LogP contribution in [-0.2, 0) is 13.1 Å². The SMILES string of the molecule is CCN1CCCC1CNC(N)=NCc1nccn1CC(C)C. The standard InChI is InChI=1S/C16H30N6/c1-4-21-8-5-6-14(21)10-19-16(17)20-11-15-18-7-9-22(15)12-13(2)3/h7,9,13-14H,4-6,8,10-12H2,1-3H3,(H3,17,19,20). The van der Waals surface area contributed by atoms with Crippen LogP contribution >= 0.6 is 0 Å². The third-order valence-electron chi connectivity index (χ3n) is 4.18. The monoisotopic (exact) mass is 306 g/mol. The van der Waals surface area contributed by atoms with Crippen molar-refractivity contribution in [3.05, 3.63) is 18.2 Å². The third kappa shape index (κ3) is 4.73. The van der Waals surface area contributed by atoms with Crippen LogP contribution in [0, 0.1) is 5.92 Å². The first-order valence-electron chi connectivity index (χ1n) is 8.38. The molecule has 1 saturated heterocycles. The highest BCUT2D eigenvalue weighted by molar-refractivity contribution is 5.77. The molecule has 0 saturated carbocycles. The average Bonchev–Trinajstić information content (AvgIpc) is 3.11. The van der Waals surface area contributed by atoms with E-state index >= 15 is 0 Å². The molecule has 0 aliphatic carbocycles. The molecule has 1 atom stereocenters. The third-order valence-corrected chi connectivity index (χ3v) is 4.18. The van der Waals surface area contributed by atoms with Crippen molar-refractivity contribution in [3.8, 4) is 0 Å². The summed E-state index contributed by atoms with van der Waals surface area (Å²) in [4.78, 5) is 11.3. The first-order valence-corrected chi connectivity index (χ1v) is 8.38. The molecule has 1 aliphatic rings. The van der Waals surface area contributed by atoms with Crippen LogP contribution < -0.4 is 11.1 Å². The highest BCUT2D eigenvalue weighted by Gasteiger charge is 2.22. The maximum Gasteiger partial charge on any atom is 0.189 e. The van der Waals surface area contributed by atoms with E-state index < -0.39 is 0 Å². The summed E-state index contributed by atoms with van der Waals surface area (Å²) in [5, 5.41) is 3.26. The first kappa shape index (κ1) is 16.8. The maximum atomic E-state index is 5.99. The van der Waals surface area contributed by atoms with Gasteiger partial charge in [-0.3, -0.25) is 4.90 Å². The Morgan fingerprint density at radius 1 is 1.55 bits per heavy atom. The molecular weight excluding hydrogens is 276 g/mol. The van der Waals surface area contributed by atoms with Crippen molar-refractivity contribution in [2.24, 2.45) is 16.6 Å². The fraction of sp³-hybridized carbons (Fsp3) is 0.750. The van der Waals surface area contributed by atoms with Gasteiger partial charge in [-0.1, -0.05) is 20.8 Å². The molecule has 0 bridgehead atoms. The molecule has 124 valence electrons. The van der Waals surface area contributed by atoms with Crippen LogP contribution in [0.5, 0.6) is 0 Å². The number of hydrogen-bond acceptors (Lipinski definition) is 3. The van der Waals surface area contributed by atoms with E-state index in [0.29, 0.717) is 24.5 Å². The molecule has 22 heavy (non-hydrogen) atoms. The van der Waals surface area contributed by atoms with Gasteiger partial charge in [0.25, 0.3) is 0 Å². The number of hydrogen-bond donors (Lipinski definition) is 2. The molecule has 1 aromatic rings. The van der Waals surface area contributed by atoms with Gasteiger partial charge in [-0.25, -0.2) is 9.98 Å². The van der Waals surface area contributed by atoms with E-state index in [1.54, 1.807) is 0 Å². The zero-order valence-electron chi connectivity index (χ0n) is 14.1. The number of likely N-dealkylation sites (tertiary alicyclic amines) is 1. The number of aliphatic imine (C=N–C) groups is 1. The Labute approximate surface area is 133 Å². The van der Waals surface area contributed by atoms with E-state index in [4.69, 9.17) is 5.73 Å². The van der Waals surface area contributed by atoms with Crippen LogP contribution in [0.4, 0.5) is 0 Å². The maximum absolute atomic E-state index is 5.99. The summed E-state index contributed by atoms with van der Waals surface area (Å²) in [5.41, 5.74) is 5.99. The van der Waals surface area contributed by atoms with Crippen molar-refractivity contribution in [1.29, 1.82) is 0 Å². The predicted molar refractivity (Wildman–Crippen MR) is 90.7 cm³/mol. The molecule has 6 nitrogen and oxygen atoms in total. The summed E-state index contributed by atoms with van der Waals surface area (Å²) in [5.74, 6) is 2.08. The molecule has 6 heteroatoms. The summed E-state index contributed by atoms with van der Waals surface area (Å²) in [6.07, 6.45) is 6.36. The van der Waals surface area contributed by atoms with Crippen LogP contribution in [0.15, 0.2) is 17.4 Å². The van der Waals surface area contributed by atoms with Gasteiger partial charge in [-0.15, -0.1) is 0 Å². The van der Waals surface area contributed by atoms with E-state index in [2.05, 4.69) is 45.5 Å². The fourth-order valence-electron chi connectivity index (χ4n) is 3.03. The van der Waals surface area contributed by atoms with E-state index in [0.717, 1.165) is 25.5 Å². The largest absolute Gasteiger partial charge is 0.370 e. The Hall–Kier alpha value is -1.56. The van der Waals surface area contributed by atoms with Gasteiger partial charge in [0, 0.05) is 31.5 Å². The number of nitrogens with one attached hydrogen (secondary N) is 1. The molecule has 1 fully saturated rings. The predicted octanol–water partition coefficient (Wildman–Crippen LogP) is 1.43. The van der Waals surface area contributed by atoms with Crippen molar-refractivity contribution in [2.75, 3.05) is 19.6 Å². The second kappa shape index (κ2) is 8.17. The lowest BCUT2D eigenvalue weighted by atomic mass is 10.2. The fourth-order valence-corrected chi connectivity index (χ4v) is 3.03. The lowest BCUT2D eigenvalue weighted by molar-refractivity contribution is 0.267. The lowest BCUT2D eigenvalue weighted by Gasteiger charge is -2.23. The van der Waals surface area contributed by atoms with Crippen LogP contribution in [0.3, 0.4) is 0 Å². The van der Waals surface area contributed by atoms with E-state index in [-0.39, 0.29) is 0 Å². The van der Waals surface area contributed by atoms with Gasteiger partial charge in [-0.05, 0) is 31.8 Å². The van der Waals surface area contributed by atoms with Gasteiger partial charge in [0.2, 0.25) is 0 Å². The summed E-state index contributed by atoms with van der Waals surface area (Å²) >= 11 is 0. The molecule has 2 rings (SSSR count). The minimum Gasteiger partial charge on any atom is -0.370 e. The molecule has 2 heterocycles. The van der Waals surface area contributed by atoms with Crippen molar-refractivity contribution in [3.63, 3.8) is 0 Å². The topological polar surface area (TPSA) is 71.5 Å². The Morgan fingerprint density at radius 3 is 3.09 bits per heavy atom. The second-order valence-electron chi connectivity index (χ2n) is 6.40. The molecule has 1 aromatic heterocycles. The van der Waals surface area contributed by atoms with Crippen LogP contribution in [0.1, 0.15) is 39.4 Å². The zero-order chi connectivity index (χ0) is 15.9. The summed E-state index contributed by atoms with van der Waals surface area (Å²) in [6.45, 7) is 11.3. The smallest absolute Gasteiger partial charge is 0.189 e. The summed E-state index contributed by atoms with van der Waals surface area (Å²) < 4.78 is 2.15. The minimum absolute atomic E-state index is 0.516. The molecular formula is C16H30N6. The number of likely N-dealkylation sites (N-methyl/N-ethyl adjacent to an activating group) is 1. The van der Waals surface area contributed by atoms with E-state index in [1.165, 1.54) is 19.4 Å². The first-order chi connectivity index (χ1) is 10.6. The Morgan fingerprint density at radius 2 is 2.36 bits per heavy atom. The highest BCUT2D eigenvalue weighted by atomic mass is 15.2. The Kier molecular flexibility index (Phi) is 6.24. The average molecular weight is 306 g/mol. The van der Waals surface area contributed by atoms with Gasteiger partial charge in [-0.2, -0.15) is 0 Å². The Balaban J connectivity index is 1.81. The molecule has 0 radical (unpaired) electrons. The normalized spacial score (nSPS) is 20.0. The van der Waals surface area contributed by atoms with Crippen LogP contribution in [0.2, 0.25) is 0 Å². The van der Waals surface area contributed by atoms with E-state index in [1.807, 2.05) is 12.4 Å². The molecule has 0 amide bonds. The minimum atomic E-state index is 0.516. The van der Waals surface area contributed by atoms with Crippen molar-refractivity contribution < 1.29 is 0 Å². The molecule has 0 spiro atoms. The quantitative estimate of drug-likeness (QED) is 0.590.